The lowest BCUT2D eigenvalue weighted by Crippen LogP contribution is -2.35. The maximum atomic E-state index is 12.7. The molecule has 9 nitrogen and oxygen atoms in total. The summed E-state index contributed by atoms with van der Waals surface area (Å²) in [6.07, 6.45) is 0.645. The zero-order valence-electron chi connectivity index (χ0n) is 16.5. The van der Waals surface area contributed by atoms with E-state index in [-0.39, 0.29) is 31.0 Å². The first-order valence-electron chi connectivity index (χ1n) is 9.49. The van der Waals surface area contributed by atoms with Crippen LogP contribution in [-0.4, -0.2) is 44.3 Å². The molecular formula is C20H18ClN5O4S. The number of hydrogen-bond donors (Lipinski definition) is 0. The van der Waals surface area contributed by atoms with E-state index in [4.69, 9.17) is 25.3 Å². The number of thiophene rings is 1. The Hall–Kier alpha value is -3.24. The summed E-state index contributed by atoms with van der Waals surface area (Å²) >= 11 is 7.64. The van der Waals surface area contributed by atoms with E-state index in [1.54, 1.807) is 23.1 Å². The zero-order chi connectivity index (χ0) is 21.6. The number of ether oxygens (including phenoxy) is 1. The molecule has 0 bridgehead atoms. The van der Waals surface area contributed by atoms with Gasteiger partial charge in [0.15, 0.2) is 6.61 Å². The van der Waals surface area contributed by atoms with Crippen molar-refractivity contribution in [2.24, 2.45) is 0 Å². The van der Waals surface area contributed by atoms with Gasteiger partial charge in [-0.3, -0.25) is 9.32 Å². The molecule has 3 aromatic heterocycles. The minimum atomic E-state index is -0.268. The number of carbonyl (C=O) groups is 1. The first kappa shape index (κ1) is 21.0. The lowest BCUT2D eigenvalue weighted by molar-refractivity contribution is -0.134. The van der Waals surface area contributed by atoms with E-state index in [9.17, 15) is 4.79 Å². The average molecular weight is 460 g/mol. The van der Waals surface area contributed by atoms with Crippen molar-refractivity contribution in [3.63, 3.8) is 0 Å². The molecule has 4 aromatic rings. The van der Waals surface area contributed by atoms with Crippen LogP contribution in [0.2, 0.25) is 5.02 Å². The largest absolute Gasteiger partial charge is 0.439 e. The SMILES string of the molecule is CCCN(Cc1nnc(-c2cccs2)o1)C(=O)COc1nc(-c2ccccc2Cl)no1. The van der Waals surface area contributed by atoms with Gasteiger partial charge in [-0.05, 0) is 30.0 Å². The molecular weight excluding hydrogens is 442 g/mol. The van der Waals surface area contributed by atoms with E-state index in [1.807, 2.05) is 30.5 Å². The molecule has 4 rings (SSSR count). The highest BCUT2D eigenvalue weighted by atomic mass is 35.5. The highest BCUT2D eigenvalue weighted by Crippen LogP contribution is 2.26. The lowest BCUT2D eigenvalue weighted by Gasteiger charge is -2.19. The molecule has 0 spiro atoms. The van der Waals surface area contributed by atoms with E-state index >= 15 is 0 Å². The van der Waals surface area contributed by atoms with Crippen molar-refractivity contribution in [2.45, 2.75) is 19.9 Å². The zero-order valence-corrected chi connectivity index (χ0v) is 18.1. The van der Waals surface area contributed by atoms with Crippen LogP contribution in [0.4, 0.5) is 0 Å². The Kier molecular flexibility index (Phi) is 6.58. The number of nitrogens with zero attached hydrogens (tertiary/aromatic N) is 5. The number of hydrogen-bond acceptors (Lipinski definition) is 9. The first-order valence-corrected chi connectivity index (χ1v) is 10.7. The van der Waals surface area contributed by atoms with E-state index in [1.165, 1.54) is 11.3 Å². The molecule has 0 saturated carbocycles. The molecule has 0 atom stereocenters. The summed E-state index contributed by atoms with van der Waals surface area (Å²) in [5.74, 6) is 0.799. The van der Waals surface area contributed by atoms with Crippen LogP contribution < -0.4 is 4.74 Å². The van der Waals surface area contributed by atoms with Crippen molar-refractivity contribution in [1.29, 1.82) is 0 Å². The monoisotopic (exact) mass is 459 g/mol. The number of amides is 1. The smallest absolute Gasteiger partial charge is 0.418 e. The van der Waals surface area contributed by atoms with Crippen LogP contribution >= 0.6 is 22.9 Å². The van der Waals surface area contributed by atoms with Crippen LogP contribution in [0.3, 0.4) is 0 Å². The summed E-state index contributed by atoms with van der Waals surface area (Å²) in [6, 6.07) is 10.9. The van der Waals surface area contributed by atoms with Crippen molar-refractivity contribution in [2.75, 3.05) is 13.2 Å². The van der Waals surface area contributed by atoms with Crippen molar-refractivity contribution in [1.82, 2.24) is 25.2 Å². The third kappa shape index (κ3) is 5.09. The van der Waals surface area contributed by atoms with Crippen molar-refractivity contribution >= 4 is 28.8 Å². The predicted octanol–water partition coefficient (Wildman–Crippen LogP) is 4.32. The third-order valence-corrected chi connectivity index (χ3v) is 5.40. The fraction of sp³-hybridized carbons (Fsp3) is 0.250. The van der Waals surface area contributed by atoms with Crippen LogP contribution in [0, 0.1) is 0 Å². The summed E-state index contributed by atoms with van der Waals surface area (Å²) in [5, 5.41) is 14.4. The van der Waals surface area contributed by atoms with Gasteiger partial charge >= 0.3 is 6.08 Å². The van der Waals surface area contributed by atoms with Gasteiger partial charge in [0.1, 0.15) is 0 Å². The molecule has 0 aliphatic carbocycles. The second kappa shape index (κ2) is 9.71. The minimum absolute atomic E-state index is 0.113. The standard InChI is InChI=1S/C20H18ClN5O4S/c1-2-9-26(11-16-23-24-19(29-16)15-8-5-10-31-15)17(27)12-28-20-22-18(25-30-20)13-6-3-4-7-14(13)21/h3-8,10H,2,9,11-12H2,1H3. The van der Waals surface area contributed by atoms with Crippen LogP contribution in [-0.2, 0) is 11.3 Å². The molecule has 0 aliphatic rings. The molecule has 0 N–H and O–H groups in total. The Bertz CT molecular complexity index is 1140. The maximum absolute atomic E-state index is 12.7. The highest BCUT2D eigenvalue weighted by molar-refractivity contribution is 7.13. The molecule has 0 fully saturated rings. The van der Waals surface area contributed by atoms with Crippen molar-refractivity contribution in [3.8, 4) is 28.2 Å². The summed E-state index contributed by atoms with van der Waals surface area (Å²) in [4.78, 5) is 19.3. The van der Waals surface area contributed by atoms with Crippen molar-refractivity contribution in [3.05, 3.63) is 52.7 Å². The van der Waals surface area contributed by atoms with Crippen LogP contribution in [0.25, 0.3) is 22.2 Å². The van der Waals surface area contributed by atoms with Gasteiger partial charge < -0.3 is 14.1 Å². The Morgan fingerprint density at radius 1 is 1.23 bits per heavy atom. The fourth-order valence-corrected chi connectivity index (χ4v) is 3.64. The van der Waals surface area contributed by atoms with Crippen LogP contribution in [0.15, 0.2) is 50.7 Å². The lowest BCUT2D eigenvalue weighted by atomic mass is 10.2. The van der Waals surface area contributed by atoms with Gasteiger partial charge in [0, 0.05) is 12.1 Å². The molecule has 31 heavy (non-hydrogen) atoms. The number of halogens is 1. The predicted molar refractivity (Wildman–Crippen MR) is 114 cm³/mol. The molecule has 0 unspecified atom stereocenters. The van der Waals surface area contributed by atoms with Crippen LogP contribution in [0.5, 0.6) is 6.08 Å². The quantitative estimate of drug-likeness (QED) is 0.364. The van der Waals surface area contributed by atoms with Gasteiger partial charge in [-0.25, -0.2) is 0 Å². The Morgan fingerprint density at radius 3 is 2.87 bits per heavy atom. The average Bonchev–Trinajstić information content (AvgIpc) is 3.53. The second-order valence-electron chi connectivity index (χ2n) is 6.45. The van der Waals surface area contributed by atoms with Gasteiger partial charge in [-0.2, -0.15) is 4.98 Å². The van der Waals surface area contributed by atoms with Crippen LogP contribution in [0.1, 0.15) is 19.2 Å². The normalized spacial score (nSPS) is 10.9. The summed E-state index contributed by atoms with van der Waals surface area (Å²) in [6.45, 7) is 2.40. The molecule has 11 heteroatoms. The van der Waals surface area contributed by atoms with E-state index in [0.717, 1.165) is 11.3 Å². The van der Waals surface area contributed by atoms with Gasteiger partial charge in [0.25, 0.3) is 11.8 Å². The maximum Gasteiger partial charge on any atom is 0.418 e. The third-order valence-electron chi connectivity index (χ3n) is 4.21. The number of carbonyl (C=O) groups excluding carboxylic acids is 1. The molecule has 160 valence electrons. The second-order valence-corrected chi connectivity index (χ2v) is 7.80. The van der Waals surface area contributed by atoms with Crippen molar-refractivity contribution < 1.29 is 18.5 Å². The van der Waals surface area contributed by atoms with Gasteiger partial charge in [0.05, 0.1) is 16.4 Å². The van der Waals surface area contributed by atoms with E-state index < -0.39 is 0 Å². The molecule has 0 saturated heterocycles. The minimum Gasteiger partial charge on any atom is -0.439 e. The van der Waals surface area contributed by atoms with Gasteiger partial charge in [0.2, 0.25) is 11.7 Å². The summed E-state index contributed by atoms with van der Waals surface area (Å²) < 4.78 is 16.2. The summed E-state index contributed by atoms with van der Waals surface area (Å²) in [5.41, 5.74) is 0.611. The summed E-state index contributed by atoms with van der Waals surface area (Å²) in [7, 11) is 0. The number of rotatable bonds is 9. The molecule has 3 heterocycles. The highest BCUT2D eigenvalue weighted by Gasteiger charge is 2.20. The topological polar surface area (TPSA) is 107 Å². The number of benzene rings is 1. The Labute approximate surface area is 186 Å². The first-order chi connectivity index (χ1) is 15.1. The molecule has 0 radical (unpaired) electrons. The Balaban J connectivity index is 1.37. The van der Waals surface area contributed by atoms with Gasteiger partial charge in [-0.1, -0.05) is 41.9 Å². The van der Waals surface area contributed by atoms with E-state index in [0.29, 0.717) is 28.9 Å². The fourth-order valence-electron chi connectivity index (χ4n) is 2.78. The molecule has 1 amide bonds. The van der Waals surface area contributed by atoms with Gasteiger partial charge in [-0.15, -0.1) is 21.5 Å². The Morgan fingerprint density at radius 2 is 2.10 bits per heavy atom. The molecule has 1 aromatic carbocycles. The number of aromatic nitrogens is 4. The van der Waals surface area contributed by atoms with E-state index in [2.05, 4.69) is 20.3 Å². The molecule has 0 aliphatic heterocycles.